The van der Waals surface area contributed by atoms with Gasteiger partial charge in [0.2, 0.25) is 10.0 Å². The molecule has 0 unspecified atom stereocenters. The summed E-state index contributed by atoms with van der Waals surface area (Å²) in [5.41, 5.74) is 6.23. The van der Waals surface area contributed by atoms with Crippen LogP contribution in [-0.2, 0) is 10.0 Å². The fourth-order valence-electron chi connectivity index (χ4n) is 4.47. The van der Waals surface area contributed by atoms with Gasteiger partial charge >= 0.3 is 0 Å². The Labute approximate surface area is 163 Å². The molecule has 0 radical (unpaired) electrons. The number of benzene rings is 1. The standard InChI is InChI=1S/C20H32N4O2S/c21-17-3-9-20(10-4-17)27(25,26)22-18-5-7-19(8-6-18)24-13-11-23(12-14-24)15-16-1-2-16/h3-4,9-10,16,18-19,22H,1-2,5-8,11-15,21H2/t18-,19-. The molecular formula is C20H32N4O2S. The summed E-state index contributed by atoms with van der Waals surface area (Å²) >= 11 is 0. The molecule has 3 fully saturated rings. The minimum atomic E-state index is -3.46. The summed E-state index contributed by atoms with van der Waals surface area (Å²) in [7, 11) is -3.46. The quantitative estimate of drug-likeness (QED) is 0.723. The highest BCUT2D eigenvalue weighted by molar-refractivity contribution is 7.89. The summed E-state index contributed by atoms with van der Waals surface area (Å²) in [6.07, 6.45) is 6.85. The lowest BCUT2D eigenvalue weighted by Gasteiger charge is -2.42. The van der Waals surface area contributed by atoms with Crippen molar-refractivity contribution in [1.82, 2.24) is 14.5 Å². The van der Waals surface area contributed by atoms with Crippen LogP contribution in [0.5, 0.6) is 0 Å². The molecule has 150 valence electrons. The van der Waals surface area contributed by atoms with Crippen molar-refractivity contribution in [3.63, 3.8) is 0 Å². The van der Waals surface area contributed by atoms with Gasteiger partial charge in [-0.15, -0.1) is 0 Å². The molecule has 1 saturated heterocycles. The van der Waals surface area contributed by atoms with Crippen LogP contribution >= 0.6 is 0 Å². The van der Waals surface area contributed by atoms with Gasteiger partial charge in [0.05, 0.1) is 4.90 Å². The van der Waals surface area contributed by atoms with Crippen molar-refractivity contribution in [2.75, 3.05) is 38.5 Å². The smallest absolute Gasteiger partial charge is 0.240 e. The van der Waals surface area contributed by atoms with E-state index in [1.54, 1.807) is 24.3 Å². The Balaban J connectivity index is 1.23. The monoisotopic (exact) mass is 392 g/mol. The van der Waals surface area contributed by atoms with Gasteiger partial charge in [-0.05, 0) is 68.7 Å². The lowest BCUT2D eigenvalue weighted by atomic mass is 9.90. The first kappa shape index (κ1) is 19.2. The van der Waals surface area contributed by atoms with E-state index in [9.17, 15) is 8.42 Å². The zero-order chi connectivity index (χ0) is 18.9. The molecule has 0 spiro atoms. The van der Waals surface area contributed by atoms with Gasteiger partial charge in [0.1, 0.15) is 0 Å². The van der Waals surface area contributed by atoms with E-state index in [2.05, 4.69) is 14.5 Å². The van der Waals surface area contributed by atoms with Crippen LogP contribution in [0.25, 0.3) is 0 Å². The molecule has 0 atom stereocenters. The van der Waals surface area contributed by atoms with Gasteiger partial charge in [0.15, 0.2) is 0 Å². The third-order valence-corrected chi connectivity index (χ3v) is 7.88. The summed E-state index contributed by atoms with van der Waals surface area (Å²) in [6.45, 7) is 6.02. The Bertz CT molecular complexity index is 717. The number of nitrogen functional groups attached to an aromatic ring is 1. The molecule has 1 aromatic rings. The predicted molar refractivity (Wildman–Crippen MR) is 108 cm³/mol. The molecular weight excluding hydrogens is 360 g/mol. The Morgan fingerprint density at radius 3 is 2.15 bits per heavy atom. The Kier molecular flexibility index (Phi) is 5.73. The molecule has 0 bridgehead atoms. The summed E-state index contributed by atoms with van der Waals surface area (Å²) in [5.74, 6) is 0.973. The normalized spacial score (nSPS) is 28.3. The predicted octanol–water partition coefficient (Wildman–Crippen LogP) is 1.89. The molecule has 27 heavy (non-hydrogen) atoms. The topological polar surface area (TPSA) is 78.7 Å². The molecule has 1 aliphatic heterocycles. The van der Waals surface area contributed by atoms with Gasteiger partial charge in [0, 0.05) is 50.5 Å². The number of piperazine rings is 1. The van der Waals surface area contributed by atoms with Crippen molar-refractivity contribution in [1.29, 1.82) is 0 Å². The number of nitrogens with zero attached hydrogens (tertiary/aromatic N) is 2. The van der Waals surface area contributed by atoms with Crippen LogP contribution in [0.3, 0.4) is 0 Å². The Morgan fingerprint density at radius 2 is 1.56 bits per heavy atom. The maximum absolute atomic E-state index is 12.6. The molecule has 4 rings (SSSR count). The molecule has 6 nitrogen and oxygen atoms in total. The van der Waals surface area contributed by atoms with Crippen molar-refractivity contribution < 1.29 is 8.42 Å². The van der Waals surface area contributed by atoms with Gasteiger partial charge in [-0.3, -0.25) is 4.90 Å². The summed E-state index contributed by atoms with van der Waals surface area (Å²) in [5, 5.41) is 0. The van der Waals surface area contributed by atoms with E-state index in [0.29, 0.717) is 16.6 Å². The van der Waals surface area contributed by atoms with E-state index in [4.69, 9.17) is 5.73 Å². The van der Waals surface area contributed by atoms with E-state index < -0.39 is 10.0 Å². The van der Waals surface area contributed by atoms with Gasteiger partial charge < -0.3 is 10.6 Å². The van der Waals surface area contributed by atoms with Gasteiger partial charge in [-0.1, -0.05) is 0 Å². The number of hydrogen-bond donors (Lipinski definition) is 2. The lowest BCUT2D eigenvalue weighted by molar-refractivity contribution is 0.0734. The fraction of sp³-hybridized carbons (Fsp3) is 0.700. The first-order valence-corrected chi connectivity index (χ1v) is 11.8. The van der Waals surface area contributed by atoms with Crippen LogP contribution in [-0.4, -0.2) is 63.0 Å². The average molecular weight is 393 g/mol. The minimum Gasteiger partial charge on any atom is -0.399 e. The third kappa shape index (κ3) is 5.02. The molecule has 7 heteroatoms. The van der Waals surface area contributed by atoms with Crippen molar-refractivity contribution in [2.45, 2.75) is 55.5 Å². The van der Waals surface area contributed by atoms with Gasteiger partial charge in [-0.2, -0.15) is 0 Å². The number of hydrogen-bond acceptors (Lipinski definition) is 5. The van der Waals surface area contributed by atoms with E-state index in [-0.39, 0.29) is 6.04 Å². The van der Waals surface area contributed by atoms with Crippen LogP contribution in [0.1, 0.15) is 38.5 Å². The minimum absolute atomic E-state index is 0.0416. The average Bonchev–Trinajstić information content (AvgIpc) is 3.47. The fourth-order valence-corrected chi connectivity index (χ4v) is 5.77. The Morgan fingerprint density at radius 1 is 0.926 bits per heavy atom. The van der Waals surface area contributed by atoms with Gasteiger partial charge in [0.25, 0.3) is 0 Å². The molecule has 1 heterocycles. The molecule has 2 aliphatic carbocycles. The van der Waals surface area contributed by atoms with Crippen molar-refractivity contribution in [3.8, 4) is 0 Å². The number of anilines is 1. The number of rotatable bonds is 6. The molecule has 3 N–H and O–H groups in total. The molecule has 1 aromatic carbocycles. The molecule has 0 aromatic heterocycles. The molecule has 3 aliphatic rings. The van der Waals surface area contributed by atoms with Crippen molar-refractivity contribution >= 4 is 15.7 Å². The summed E-state index contributed by atoms with van der Waals surface area (Å²) < 4.78 is 28.0. The highest BCUT2D eigenvalue weighted by atomic mass is 32.2. The van der Waals surface area contributed by atoms with Crippen LogP contribution in [0.4, 0.5) is 5.69 Å². The third-order valence-electron chi connectivity index (χ3n) is 6.35. The number of sulfonamides is 1. The van der Waals surface area contributed by atoms with Crippen molar-refractivity contribution in [3.05, 3.63) is 24.3 Å². The van der Waals surface area contributed by atoms with Crippen LogP contribution in [0, 0.1) is 5.92 Å². The largest absolute Gasteiger partial charge is 0.399 e. The number of nitrogens with one attached hydrogen (secondary N) is 1. The zero-order valence-corrected chi connectivity index (χ0v) is 16.8. The lowest BCUT2D eigenvalue weighted by Crippen LogP contribution is -2.52. The van der Waals surface area contributed by atoms with Gasteiger partial charge in [-0.25, -0.2) is 13.1 Å². The van der Waals surface area contributed by atoms with E-state index in [0.717, 1.165) is 31.6 Å². The highest BCUT2D eigenvalue weighted by Crippen LogP contribution is 2.30. The SMILES string of the molecule is Nc1ccc(S(=O)(=O)N[C@H]2CC[C@H](N3CCN(CC4CC4)CC3)CC2)cc1. The molecule has 0 amide bonds. The maximum Gasteiger partial charge on any atom is 0.240 e. The zero-order valence-electron chi connectivity index (χ0n) is 16.0. The first-order chi connectivity index (χ1) is 13.0. The highest BCUT2D eigenvalue weighted by Gasteiger charge is 2.31. The molecule has 2 saturated carbocycles. The van der Waals surface area contributed by atoms with Crippen LogP contribution < -0.4 is 10.5 Å². The van der Waals surface area contributed by atoms with E-state index in [1.165, 1.54) is 45.6 Å². The summed E-state index contributed by atoms with van der Waals surface area (Å²) in [6, 6.07) is 7.07. The summed E-state index contributed by atoms with van der Waals surface area (Å²) in [4.78, 5) is 5.56. The van der Waals surface area contributed by atoms with E-state index in [1.807, 2.05) is 0 Å². The second kappa shape index (κ2) is 8.07. The second-order valence-corrected chi connectivity index (χ2v) is 10.2. The van der Waals surface area contributed by atoms with E-state index >= 15 is 0 Å². The number of nitrogens with two attached hydrogens (primary N) is 1. The van der Waals surface area contributed by atoms with Crippen LogP contribution in [0.15, 0.2) is 29.2 Å². The Hall–Kier alpha value is -1.15. The first-order valence-electron chi connectivity index (χ1n) is 10.3. The van der Waals surface area contributed by atoms with Crippen LogP contribution in [0.2, 0.25) is 0 Å². The maximum atomic E-state index is 12.6. The van der Waals surface area contributed by atoms with Crippen molar-refractivity contribution in [2.24, 2.45) is 5.92 Å². The second-order valence-electron chi connectivity index (χ2n) is 8.48.